The SMILES string of the molecule is C=C(C)C(=O)CC(N)C(C)C. The number of Topliss-reactive ketones (excluding diaryl/α,β-unsaturated/α-hetero) is 1. The predicted octanol–water partition coefficient (Wildman–Crippen LogP) is 1.50. The molecular weight excluding hydrogens is 138 g/mol. The van der Waals surface area contributed by atoms with Crippen molar-refractivity contribution in [2.24, 2.45) is 11.7 Å². The highest BCUT2D eigenvalue weighted by atomic mass is 16.1. The minimum absolute atomic E-state index is 0.0285. The van der Waals surface area contributed by atoms with Crippen LogP contribution in [-0.4, -0.2) is 11.8 Å². The van der Waals surface area contributed by atoms with Crippen LogP contribution in [0.1, 0.15) is 27.2 Å². The first-order valence-corrected chi connectivity index (χ1v) is 3.89. The van der Waals surface area contributed by atoms with E-state index < -0.39 is 0 Å². The van der Waals surface area contributed by atoms with Crippen LogP contribution in [0.25, 0.3) is 0 Å². The fraction of sp³-hybridized carbons (Fsp3) is 0.667. The molecule has 0 saturated carbocycles. The Labute approximate surface area is 68.5 Å². The van der Waals surface area contributed by atoms with Crippen molar-refractivity contribution in [2.45, 2.75) is 33.2 Å². The summed E-state index contributed by atoms with van der Waals surface area (Å²) in [5, 5.41) is 0. The zero-order valence-electron chi connectivity index (χ0n) is 7.55. The molecular formula is C9H17NO. The molecule has 0 spiro atoms. The zero-order chi connectivity index (χ0) is 9.02. The van der Waals surface area contributed by atoms with Crippen LogP contribution >= 0.6 is 0 Å². The van der Waals surface area contributed by atoms with Crippen LogP contribution in [0.3, 0.4) is 0 Å². The summed E-state index contributed by atoms with van der Waals surface area (Å²) in [6.07, 6.45) is 0.424. The van der Waals surface area contributed by atoms with E-state index in [0.29, 0.717) is 17.9 Å². The lowest BCUT2D eigenvalue weighted by atomic mass is 9.98. The second kappa shape index (κ2) is 4.29. The molecule has 2 N–H and O–H groups in total. The first kappa shape index (κ1) is 10.4. The molecule has 0 aromatic carbocycles. The van der Waals surface area contributed by atoms with Gasteiger partial charge in [0.2, 0.25) is 0 Å². The smallest absolute Gasteiger partial charge is 0.159 e. The first-order valence-electron chi connectivity index (χ1n) is 3.89. The Hall–Kier alpha value is -0.630. The number of ketones is 1. The fourth-order valence-corrected chi connectivity index (χ4v) is 0.624. The summed E-state index contributed by atoms with van der Waals surface area (Å²) in [5.74, 6) is 0.435. The van der Waals surface area contributed by atoms with Gasteiger partial charge in [-0.25, -0.2) is 0 Å². The summed E-state index contributed by atoms with van der Waals surface area (Å²) in [6.45, 7) is 9.30. The van der Waals surface area contributed by atoms with Crippen molar-refractivity contribution in [3.63, 3.8) is 0 Å². The molecule has 0 rings (SSSR count). The number of carbonyl (C=O) groups is 1. The van der Waals surface area contributed by atoms with E-state index in [0.717, 1.165) is 0 Å². The third-order valence-electron chi connectivity index (χ3n) is 1.75. The van der Waals surface area contributed by atoms with Gasteiger partial charge in [0.25, 0.3) is 0 Å². The minimum atomic E-state index is -0.0285. The number of allylic oxidation sites excluding steroid dienone is 1. The Bertz CT molecular complexity index is 161. The van der Waals surface area contributed by atoms with E-state index in [4.69, 9.17) is 5.73 Å². The van der Waals surface area contributed by atoms with Crippen LogP contribution in [0, 0.1) is 5.92 Å². The molecule has 1 unspecified atom stereocenters. The Balaban J connectivity index is 3.85. The van der Waals surface area contributed by atoms with E-state index in [9.17, 15) is 4.79 Å². The van der Waals surface area contributed by atoms with Gasteiger partial charge in [0, 0.05) is 12.5 Å². The molecule has 0 aromatic heterocycles. The van der Waals surface area contributed by atoms with Crippen LogP contribution in [0.4, 0.5) is 0 Å². The molecule has 2 heteroatoms. The summed E-state index contributed by atoms with van der Waals surface area (Å²) in [6, 6.07) is -0.0285. The molecule has 1 atom stereocenters. The van der Waals surface area contributed by atoms with Crippen molar-refractivity contribution in [3.8, 4) is 0 Å². The van der Waals surface area contributed by atoms with Gasteiger partial charge in [-0.05, 0) is 18.4 Å². The number of nitrogens with two attached hydrogens (primary N) is 1. The summed E-state index contributed by atoms with van der Waals surface area (Å²) in [4.78, 5) is 11.1. The van der Waals surface area contributed by atoms with E-state index in [1.165, 1.54) is 0 Å². The van der Waals surface area contributed by atoms with Crippen molar-refractivity contribution in [3.05, 3.63) is 12.2 Å². The van der Waals surface area contributed by atoms with Crippen molar-refractivity contribution < 1.29 is 4.79 Å². The molecule has 11 heavy (non-hydrogen) atoms. The quantitative estimate of drug-likeness (QED) is 0.625. The maximum Gasteiger partial charge on any atom is 0.159 e. The van der Waals surface area contributed by atoms with Crippen LogP contribution in [0.2, 0.25) is 0 Å². The van der Waals surface area contributed by atoms with Crippen molar-refractivity contribution in [1.82, 2.24) is 0 Å². The second-order valence-electron chi connectivity index (χ2n) is 3.32. The molecule has 0 aliphatic heterocycles. The van der Waals surface area contributed by atoms with Gasteiger partial charge < -0.3 is 5.73 Å². The average molecular weight is 155 g/mol. The maximum atomic E-state index is 11.1. The van der Waals surface area contributed by atoms with E-state index >= 15 is 0 Å². The molecule has 0 heterocycles. The van der Waals surface area contributed by atoms with Gasteiger partial charge in [0.15, 0.2) is 5.78 Å². The third kappa shape index (κ3) is 3.94. The van der Waals surface area contributed by atoms with Crippen molar-refractivity contribution in [1.29, 1.82) is 0 Å². The highest BCUT2D eigenvalue weighted by Gasteiger charge is 2.12. The van der Waals surface area contributed by atoms with Gasteiger partial charge in [-0.15, -0.1) is 0 Å². The van der Waals surface area contributed by atoms with Gasteiger partial charge >= 0.3 is 0 Å². The monoisotopic (exact) mass is 155 g/mol. The number of hydrogen-bond donors (Lipinski definition) is 1. The van der Waals surface area contributed by atoms with Gasteiger partial charge in [0.05, 0.1) is 0 Å². The molecule has 0 saturated heterocycles. The minimum Gasteiger partial charge on any atom is -0.327 e. The lowest BCUT2D eigenvalue weighted by molar-refractivity contribution is -0.116. The Morgan fingerprint density at radius 3 is 2.27 bits per heavy atom. The summed E-state index contributed by atoms with van der Waals surface area (Å²) >= 11 is 0. The third-order valence-corrected chi connectivity index (χ3v) is 1.75. The van der Waals surface area contributed by atoms with E-state index in [-0.39, 0.29) is 11.8 Å². The first-order chi connectivity index (χ1) is 4.95. The standard InChI is InChI=1S/C9H17NO/c1-6(2)8(10)5-9(11)7(3)4/h6,8H,3,5,10H2,1-2,4H3. The number of hydrogen-bond acceptors (Lipinski definition) is 2. The topological polar surface area (TPSA) is 43.1 Å². The molecule has 0 radical (unpaired) electrons. The van der Waals surface area contributed by atoms with Gasteiger partial charge in [-0.3, -0.25) is 4.79 Å². The van der Waals surface area contributed by atoms with E-state index in [1.54, 1.807) is 6.92 Å². The van der Waals surface area contributed by atoms with Crippen LogP contribution < -0.4 is 5.73 Å². The fourth-order valence-electron chi connectivity index (χ4n) is 0.624. The van der Waals surface area contributed by atoms with Crippen molar-refractivity contribution >= 4 is 5.78 Å². The van der Waals surface area contributed by atoms with Crippen LogP contribution in [0.15, 0.2) is 12.2 Å². The summed E-state index contributed by atoms with van der Waals surface area (Å²) in [7, 11) is 0. The molecule has 0 fully saturated rings. The lowest BCUT2D eigenvalue weighted by Gasteiger charge is -2.13. The van der Waals surface area contributed by atoms with Crippen LogP contribution in [0.5, 0.6) is 0 Å². The normalized spacial score (nSPS) is 13.2. The molecule has 0 aromatic rings. The molecule has 0 aliphatic carbocycles. The van der Waals surface area contributed by atoms with Crippen LogP contribution in [-0.2, 0) is 4.79 Å². The van der Waals surface area contributed by atoms with Gasteiger partial charge in [0.1, 0.15) is 0 Å². The molecule has 2 nitrogen and oxygen atoms in total. The number of carbonyl (C=O) groups excluding carboxylic acids is 1. The largest absolute Gasteiger partial charge is 0.327 e. The molecule has 0 bridgehead atoms. The predicted molar refractivity (Wildman–Crippen MR) is 47.3 cm³/mol. The van der Waals surface area contributed by atoms with E-state index in [1.807, 2.05) is 13.8 Å². The Morgan fingerprint density at radius 1 is 1.55 bits per heavy atom. The Kier molecular flexibility index (Phi) is 4.04. The number of rotatable bonds is 4. The molecule has 0 aliphatic rings. The lowest BCUT2D eigenvalue weighted by Crippen LogP contribution is -2.29. The van der Waals surface area contributed by atoms with Crippen molar-refractivity contribution in [2.75, 3.05) is 0 Å². The second-order valence-corrected chi connectivity index (χ2v) is 3.32. The Morgan fingerprint density at radius 2 is 2.00 bits per heavy atom. The van der Waals surface area contributed by atoms with E-state index in [2.05, 4.69) is 6.58 Å². The average Bonchev–Trinajstić information content (AvgIpc) is 1.87. The molecule has 0 amide bonds. The maximum absolute atomic E-state index is 11.1. The summed E-state index contributed by atoms with van der Waals surface area (Å²) in [5.41, 5.74) is 6.29. The highest BCUT2D eigenvalue weighted by Crippen LogP contribution is 2.06. The summed E-state index contributed by atoms with van der Waals surface area (Å²) < 4.78 is 0. The van der Waals surface area contributed by atoms with Gasteiger partial charge in [-0.1, -0.05) is 20.4 Å². The zero-order valence-corrected chi connectivity index (χ0v) is 7.55. The highest BCUT2D eigenvalue weighted by molar-refractivity contribution is 5.94. The molecule has 64 valence electrons. The van der Waals surface area contributed by atoms with Gasteiger partial charge in [-0.2, -0.15) is 0 Å².